The third-order valence-electron chi connectivity index (χ3n) is 4.03. The van der Waals surface area contributed by atoms with E-state index >= 15 is 0 Å². The summed E-state index contributed by atoms with van der Waals surface area (Å²) < 4.78 is 13.6. The van der Waals surface area contributed by atoms with Crippen LogP contribution >= 0.6 is 0 Å². The van der Waals surface area contributed by atoms with E-state index in [2.05, 4.69) is 4.99 Å². The maximum atomic E-state index is 13.6. The molecule has 1 saturated heterocycles. The van der Waals surface area contributed by atoms with Gasteiger partial charge in [-0.2, -0.15) is 0 Å². The molecule has 1 aliphatic carbocycles. The number of nitrogens with zero attached hydrogens (tertiary/aromatic N) is 2. The number of carbonyl (C=O) groups excluding carboxylic acids is 2. The number of nitrogens with two attached hydrogens (primary N) is 1. The third kappa shape index (κ3) is 3.71. The Kier molecular flexibility index (Phi) is 5.28. The van der Waals surface area contributed by atoms with E-state index in [0.29, 0.717) is 24.1 Å². The van der Waals surface area contributed by atoms with Gasteiger partial charge in [-0.25, -0.2) is 4.39 Å². The molecule has 3 N–H and O–H groups in total. The summed E-state index contributed by atoms with van der Waals surface area (Å²) >= 11 is 0. The van der Waals surface area contributed by atoms with Gasteiger partial charge in [0.1, 0.15) is 11.9 Å². The van der Waals surface area contributed by atoms with Gasteiger partial charge < -0.3 is 15.7 Å². The Hall–Kier alpha value is -1.76. The summed E-state index contributed by atoms with van der Waals surface area (Å²) in [5.41, 5.74) is 7.43. The lowest BCUT2D eigenvalue weighted by Gasteiger charge is -2.32. The molecule has 1 aliphatic heterocycles. The fourth-order valence-corrected chi connectivity index (χ4v) is 2.78. The molecule has 7 heteroatoms. The fraction of sp³-hybridized carbons (Fsp3) is 0.667. The number of halogens is 1. The third-order valence-corrected chi connectivity index (χ3v) is 4.03. The van der Waals surface area contributed by atoms with E-state index in [0.717, 1.165) is 6.42 Å². The molecule has 1 saturated carbocycles. The molecule has 2 fully saturated rings. The number of likely N-dealkylation sites (tertiary alicyclic amines) is 1. The van der Waals surface area contributed by atoms with Crippen molar-refractivity contribution in [2.45, 2.75) is 44.9 Å². The number of hydrogen-bond acceptors (Lipinski definition) is 5. The predicted octanol–water partition coefficient (Wildman–Crippen LogP) is 0.344. The number of aliphatic hydroxyl groups is 1. The first-order valence-corrected chi connectivity index (χ1v) is 7.53. The second-order valence-electron chi connectivity index (χ2n) is 5.83. The summed E-state index contributed by atoms with van der Waals surface area (Å²) in [5, 5.41) is 9.38. The van der Waals surface area contributed by atoms with Gasteiger partial charge in [0.05, 0.1) is 19.2 Å². The van der Waals surface area contributed by atoms with E-state index in [1.54, 1.807) is 0 Å². The zero-order valence-electron chi connectivity index (χ0n) is 12.7. The maximum absolute atomic E-state index is 13.6. The van der Waals surface area contributed by atoms with Crippen LogP contribution in [0.5, 0.6) is 0 Å². The number of aliphatic imine (C=N–C) groups is 1. The molecule has 0 aromatic carbocycles. The highest BCUT2D eigenvalue weighted by molar-refractivity contribution is 6.09. The van der Waals surface area contributed by atoms with Crippen LogP contribution in [0.1, 0.15) is 32.6 Å². The highest BCUT2D eigenvalue weighted by atomic mass is 19.1. The van der Waals surface area contributed by atoms with Gasteiger partial charge in [0.25, 0.3) is 5.91 Å². The summed E-state index contributed by atoms with van der Waals surface area (Å²) in [6, 6.07) is 0. The number of hydrogen-bond donors (Lipinski definition) is 2. The van der Waals surface area contributed by atoms with Crippen molar-refractivity contribution >= 4 is 17.4 Å². The Morgan fingerprint density at radius 2 is 2.18 bits per heavy atom. The van der Waals surface area contributed by atoms with Crippen molar-refractivity contribution in [2.24, 2.45) is 10.7 Å². The molecule has 2 atom stereocenters. The fourth-order valence-electron chi connectivity index (χ4n) is 2.78. The number of aliphatic hydroxyl groups excluding tert-OH is 1. The van der Waals surface area contributed by atoms with E-state index in [-0.39, 0.29) is 37.5 Å². The Morgan fingerprint density at radius 1 is 1.45 bits per heavy atom. The smallest absolute Gasteiger partial charge is 0.270 e. The lowest BCUT2D eigenvalue weighted by atomic mass is 10.0. The average molecular weight is 311 g/mol. The molecule has 0 unspecified atom stereocenters. The summed E-state index contributed by atoms with van der Waals surface area (Å²) in [7, 11) is 0. The molecule has 1 heterocycles. The Labute approximate surface area is 128 Å². The first-order chi connectivity index (χ1) is 10.4. The lowest BCUT2D eigenvalue weighted by molar-refractivity contribution is -0.131. The number of ketones is 1. The van der Waals surface area contributed by atoms with E-state index in [1.165, 1.54) is 11.8 Å². The first kappa shape index (κ1) is 16.6. The average Bonchev–Trinajstić information content (AvgIpc) is 2.94. The summed E-state index contributed by atoms with van der Waals surface area (Å²) in [4.78, 5) is 29.0. The SMILES string of the molecule is CC(=O)CN=C1CCC/C1=C(/N)C(=O)N1CC[C@H](O)[C@H](F)C1. The van der Waals surface area contributed by atoms with Crippen LogP contribution in [0.2, 0.25) is 0 Å². The van der Waals surface area contributed by atoms with Crippen molar-refractivity contribution in [3.8, 4) is 0 Å². The molecule has 0 radical (unpaired) electrons. The van der Waals surface area contributed by atoms with Gasteiger partial charge in [-0.1, -0.05) is 0 Å². The minimum Gasteiger partial charge on any atom is -0.394 e. The van der Waals surface area contributed by atoms with Crippen LogP contribution in [0.4, 0.5) is 4.39 Å². The van der Waals surface area contributed by atoms with Gasteiger partial charge in [-0.3, -0.25) is 14.6 Å². The molecule has 1 amide bonds. The van der Waals surface area contributed by atoms with Crippen LogP contribution in [0.3, 0.4) is 0 Å². The molecule has 122 valence electrons. The maximum Gasteiger partial charge on any atom is 0.270 e. The monoisotopic (exact) mass is 311 g/mol. The number of rotatable bonds is 3. The van der Waals surface area contributed by atoms with Gasteiger partial charge in [0.2, 0.25) is 0 Å². The normalized spacial score (nSPS) is 29.8. The number of amides is 1. The minimum atomic E-state index is -1.44. The molecule has 2 rings (SSSR count). The highest BCUT2D eigenvalue weighted by Gasteiger charge is 2.32. The topological polar surface area (TPSA) is 96.0 Å². The van der Waals surface area contributed by atoms with E-state index < -0.39 is 18.2 Å². The summed E-state index contributed by atoms with van der Waals surface area (Å²) in [6.45, 7) is 1.68. The molecular formula is C15H22FN3O3. The number of alkyl halides is 1. The number of allylic oxidation sites excluding steroid dienone is 1. The zero-order chi connectivity index (χ0) is 16.3. The second-order valence-corrected chi connectivity index (χ2v) is 5.83. The Morgan fingerprint density at radius 3 is 2.82 bits per heavy atom. The number of piperidine rings is 1. The van der Waals surface area contributed by atoms with Crippen molar-refractivity contribution < 1.29 is 19.1 Å². The van der Waals surface area contributed by atoms with Crippen molar-refractivity contribution in [3.05, 3.63) is 11.3 Å². The van der Waals surface area contributed by atoms with Crippen molar-refractivity contribution in [1.29, 1.82) is 0 Å². The molecule has 0 spiro atoms. The summed E-state index contributed by atoms with van der Waals surface area (Å²) in [6.07, 6.45) is -0.0714. The zero-order valence-corrected chi connectivity index (χ0v) is 12.7. The van der Waals surface area contributed by atoms with Gasteiger partial charge in [-0.15, -0.1) is 0 Å². The lowest BCUT2D eigenvalue weighted by Crippen LogP contribution is -2.48. The Balaban J connectivity index is 2.14. The van der Waals surface area contributed by atoms with Gasteiger partial charge in [0.15, 0.2) is 5.78 Å². The molecule has 0 bridgehead atoms. The van der Waals surface area contributed by atoms with Crippen LogP contribution in [-0.4, -0.2) is 59.3 Å². The van der Waals surface area contributed by atoms with Crippen LogP contribution < -0.4 is 5.73 Å². The van der Waals surface area contributed by atoms with E-state index in [4.69, 9.17) is 5.73 Å². The largest absolute Gasteiger partial charge is 0.394 e. The molecule has 2 aliphatic rings. The molecular weight excluding hydrogens is 289 g/mol. The van der Waals surface area contributed by atoms with Crippen molar-refractivity contribution in [1.82, 2.24) is 4.90 Å². The number of carbonyl (C=O) groups is 2. The molecule has 0 aromatic rings. The Bertz CT molecular complexity index is 530. The van der Waals surface area contributed by atoms with Gasteiger partial charge in [-0.05, 0) is 32.6 Å². The molecule has 6 nitrogen and oxygen atoms in total. The first-order valence-electron chi connectivity index (χ1n) is 7.53. The van der Waals surface area contributed by atoms with Crippen molar-refractivity contribution in [3.63, 3.8) is 0 Å². The standard InChI is InChI=1S/C15H22FN3O3/c1-9(20)7-18-12-4-2-3-10(12)14(17)15(22)19-6-5-13(21)11(16)8-19/h11,13,21H,2-8,17H2,1H3/b14-10-,18-12?/t11-,13+/m1/s1. The highest BCUT2D eigenvalue weighted by Crippen LogP contribution is 2.25. The number of Topliss-reactive ketones (excluding diaryl/α,β-unsaturated/α-hetero) is 1. The van der Waals surface area contributed by atoms with Crippen molar-refractivity contribution in [2.75, 3.05) is 19.6 Å². The minimum absolute atomic E-state index is 0.0473. The van der Waals surface area contributed by atoms with E-state index in [1.807, 2.05) is 0 Å². The predicted molar refractivity (Wildman–Crippen MR) is 80.1 cm³/mol. The molecule has 22 heavy (non-hydrogen) atoms. The van der Waals surface area contributed by atoms with Crippen LogP contribution in [0.25, 0.3) is 0 Å². The van der Waals surface area contributed by atoms with E-state index in [9.17, 15) is 19.1 Å². The van der Waals surface area contributed by atoms with Crippen LogP contribution in [-0.2, 0) is 9.59 Å². The summed E-state index contributed by atoms with van der Waals surface area (Å²) in [5.74, 6) is -0.462. The quantitative estimate of drug-likeness (QED) is 0.735. The van der Waals surface area contributed by atoms with Gasteiger partial charge >= 0.3 is 0 Å². The van der Waals surface area contributed by atoms with Crippen LogP contribution in [0, 0.1) is 0 Å². The second kappa shape index (κ2) is 7.00. The molecule has 0 aromatic heterocycles. The van der Waals surface area contributed by atoms with Crippen LogP contribution in [0.15, 0.2) is 16.3 Å². The van der Waals surface area contributed by atoms with Gasteiger partial charge in [0, 0.05) is 17.8 Å².